The number of carbonyl (C=O) groups is 1. The molecule has 0 atom stereocenters. The Morgan fingerprint density at radius 1 is 1.19 bits per heavy atom. The minimum atomic E-state index is -4.66. The number of benzene rings is 2. The van der Waals surface area contributed by atoms with Crippen LogP contribution in [0.15, 0.2) is 47.5 Å². The highest BCUT2D eigenvalue weighted by Crippen LogP contribution is 2.33. The standard InChI is InChI=1S/C21H22F4N4O2/c1-26-20(28-12-14-7-8-15(22)11-16(14)21(23,24)25)27-9-4-10-29-17-5-2-3-6-18(17)31-13-19(29)30/h2-3,5-8,11H,4,9-10,12-13H2,1H3,(H2,26,27,28). The van der Waals surface area contributed by atoms with Crippen LogP contribution in [-0.2, 0) is 17.5 Å². The quantitative estimate of drug-likeness (QED) is 0.314. The molecule has 0 fully saturated rings. The first-order valence-electron chi connectivity index (χ1n) is 9.62. The van der Waals surface area contributed by atoms with Gasteiger partial charge in [0.2, 0.25) is 0 Å². The van der Waals surface area contributed by atoms with Gasteiger partial charge >= 0.3 is 6.18 Å². The summed E-state index contributed by atoms with van der Waals surface area (Å²) < 4.78 is 58.0. The topological polar surface area (TPSA) is 66.0 Å². The maximum absolute atomic E-state index is 13.2. The Labute approximate surface area is 176 Å². The fraction of sp³-hybridized carbons (Fsp3) is 0.333. The molecule has 1 aliphatic rings. The lowest BCUT2D eigenvalue weighted by atomic mass is 10.1. The number of alkyl halides is 3. The van der Waals surface area contributed by atoms with E-state index < -0.39 is 17.6 Å². The number of rotatable bonds is 6. The Hall–Kier alpha value is -3.30. The van der Waals surface area contributed by atoms with Gasteiger partial charge in [0.25, 0.3) is 5.91 Å². The van der Waals surface area contributed by atoms with Crippen molar-refractivity contribution < 1.29 is 27.1 Å². The number of amides is 1. The first-order valence-corrected chi connectivity index (χ1v) is 9.62. The molecule has 2 aromatic rings. The van der Waals surface area contributed by atoms with Crippen molar-refractivity contribution >= 4 is 17.6 Å². The molecule has 1 aliphatic heterocycles. The van der Waals surface area contributed by atoms with Gasteiger partial charge in [-0.1, -0.05) is 18.2 Å². The zero-order valence-electron chi connectivity index (χ0n) is 16.8. The van der Waals surface area contributed by atoms with Crippen molar-refractivity contribution in [3.8, 4) is 5.75 Å². The van der Waals surface area contributed by atoms with Gasteiger partial charge in [0.15, 0.2) is 12.6 Å². The molecule has 1 heterocycles. The third-order valence-corrected chi connectivity index (χ3v) is 4.71. The van der Waals surface area contributed by atoms with Crippen LogP contribution >= 0.6 is 0 Å². The summed E-state index contributed by atoms with van der Waals surface area (Å²) in [7, 11) is 1.49. The zero-order valence-corrected chi connectivity index (χ0v) is 16.8. The highest BCUT2D eigenvalue weighted by molar-refractivity contribution is 5.97. The Bertz CT molecular complexity index is 963. The highest BCUT2D eigenvalue weighted by atomic mass is 19.4. The first kappa shape index (κ1) is 22.4. The van der Waals surface area contributed by atoms with Gasteiger partial charge in [-0.15, -0.1) is 0 Å². The van der Waals surface area contributed by atoms with Gasteiger partial charge in [0.05, 0.1) is 11.3 Å². The minimum Gasteiger partial charge on any atom is -0.482 e. The molecule has 0 spiro atoms. The summed E-state index contributed by atoms with van der Waals surface area (Å²) in [6.07, 6.45) is -4.08. The van der Waals surface area contributed by atoms with Crippen LogP contribution in [0.25, 0.3) is 0 Å². The molecule has 3 rings (SSSR count). The lowest BCUT2D eigenvalue weighted by Gasteiger charge is -2.29. The van der Waals surface area contributed by atoms with Gasteiger partial charge in [0.1, 0.15) is 11.6 Å². The maximum Gasteiger partial charge on any atom is 0.416 e. The molecule has 1 amide bonds. The molecule has 0 aliphatic carbocycles. The monoisotopic (exact) mass is 438 g/mol. The molecule has 0 aromatic heterocycles. The summed E-state index contributed by atoms with van der Waals surface area (Å²) in [6.45, 7) is 0.679. The van der Waals surface area contributed by atoms with Crippen molar-refractivity contribution in [1.29, 1.82) is 0 Å². The second-order valence-corrected chi connectivity index (χ2v) is 6.81. The average molecular weight is 438 g/mol. The molecular formula is C21H22F4N4O2. The van der Waals surface area contributed by atoms with Crippen LogP contribution in [0, 0.1) is 5.82 Å². The van der Waals surface area contributed by atoms with Crippen LogP contribution in [0.1, 0.15) is 17.5 Å². The van der Waals surface area contributed by atoms with Crippen LogP contribution < -0.4 is 20.3 Å². The zero-order chi connectivity index (χ0) is 22.4. The summed E-state index contributed by atoms with van der Waals surface area (Å²) in [5.41, 5.74) is -0.412. The number of halogens is 4. The Kier molecular flexibility index (Phi) is 6.98. The molecule has 166 valence electrons. The third kappa shape index (κ3) is 5.65. The summed E-state index contributed by atoms with van der Waals surface area (Å²) in [4.78, 5) is 17.8. The van der Waals surface area contributed by atoms with Gasteiger partial charge < -0.3 is 20.3 Å². The fourth-order valence-electron chi connectivity index (χ4n) is 3.21. The van der Waals surface area contributed by atoms with Crippen molar-refractivity contribution in [2.45, 2.75) is 19.1 Å². The van der Waals surface area contributed by atoms with Crippen LogP contribution in [-0.4, -0.2) is 38.6 Å². The number of ether oxygens (including phenoxy) is 1. The molecule has 0 radical (unpaired) electrons. The SMILES string of the molecule is CN=C(NCCCN1C(=O)COc2ccccc21)NCc1ccc(F)cc1C(F)(F)F. The van der Waals surface area contributed by atoms with E-state index in [1.165, 1.54) is 7.05 Å². The molecule has 2 N–H and O–H groups in total. The van der Waals surface area contributed by atoms with Gasteiger partial charge in [-0.25, -0.2) is 4.39 Å². The van der Waals surface area contributed by atoms with E-state index in [2.05, 4.69) is 15.6 Å². The molecule has 0 unspecified atom stereocenters. The number of carbonyl (C=O) groups excluding carboxylic acids is 1. The van der Waals surface area contributed by atoms with E-state index in [-0.39, 0.29) is 24.6 Å². The summed E-state index contributed by atoms with van der Waals surface area (Å²) in [5, 5.41) is 5.80. The van der Waals surface area contributed by atoms with E-state index in [9.17, 15) is 22.4 Å². The number of para-hydroxylation sites is 2. The van der Waals surface area contributed by atoms with Crippen molar-refractivity contribution in [1.82, 2.24) is 10.6 Å². The average Bonchev–Trinajstić information content (AvgIpc) is 2.74. The van der Waals surface area contributed by atoms with E-state index >= 15 is 0 Å². The van der Waals surface area contributed by atoms with Gasteiger partial charge in [-0.3, -0.25) is 9.79 Å². The Balaban J connectivity index is 1.52. The van der Waals surface area contributed by atoms with E-state index in [0.717, 1.165) is 12.1 Å². The molecule has 31 heavy (non-hydrogen) atoms. The van der Waals surface area contributed by atoms with E-state index in [4.69, 9.17) is 4.74 Å². The molecule has 6 nitrogen and oxygen atoms in total. The van der Waals surface area contributed by atoms with Crippen molar-refractivity contribution in [2.75, 3.05) is 31.6 Å². The highest BCUT2D eigenvalue weighted by Gasteiger charge is 2.33. The second kappa shape index (κ2) is 9.67. The molecular weight excluding hydrogens is 416 g/mol. The van der Waals surface area contributed by atoms with Crippen LogP contribution in [0.2, 0.25) is 0 Å². The van der Waals surface area contributed by atoms with E-state index in [0.29, 0.717) is 43.0 Å². The Morgan fingerprint density at radius 2 is 1.97 bits per heavy atom. The first-order chi connectivity index (χ1) is 14.8. The number of hydrogen-bond donors (Lipinski definition) is 2. The number of fused-ring (bicyclic) bond motifs is 1. The Morgan fingerprint density at radius 3 is 2.71 bits per heavy atom. The van der Waals surface area contributed by atoms with Crippen LogP contribution in [0.3, 0.4) is 0 Å². The molecule has 0 saturated carbocycles. The number of guanidine groups is 1. The number of hydrogen-bond acceptors (Lipinski definition) is 3. The van der Waals surface area contributed by atoms with Crippen molar-refractivity contribution in [3.05, 3.63) is 59.4 Å². The summed E-state index contributed by atoms with van der Waals surface area (Å²) >= 11 is 0. The second-order valence-electron chi connectivity index (χ2n) is 6.81. The molecule has 10 heteroatoms. The van der Waals surface area contributed by atoms with E-state index in [1.54, 1.807) is 17.0 Å². The smallest absolute Gasteiger partial charge is 0.416 e. The summed E-state index contributed by atoms with van der Waals surface area (Å²) in [6, 6.07) is 9.81. The number of anilines is 1. The molecule has 0 bridgehead atoms. The van der Waals surface area contributed by atoms with Gasteiger partial charge in [-0.05, 0) is 36.2 Å². The minimum absolute atomic E-state index is 0.0210. The lowest BCUT2D eigenvalue weighted by molar-refractivity contribution is -0.138. The third-order valence-electron chi connectivity index (χ3n) is 4.71. The van der Waals surface area contributed by atoms with Crippen molar-refractivity contribution in [2.24, 2.45) is 4.99 Å². The predicted octanol–water partition coefficient (Wildman–Crippen LogP) is 3.33. The maximum atomic E-state index is 13.2. The number of nitrogens with one attached hydrogen (secondary N) is 2. The number of aliphatic imine (C=N–C) groups is 1. The van der Waals surface area contributed by atoms with Crippen molar-refractivity contribution in [3.63, 3.8) is 0 Å². The van der Waals surface area contributed by atoms with E-state index in [1.807, 2.05) is 12.1 Å². The molecule has 0 saturated heterocycles. The molecule has 2 aromatic carbocycles. The predicted molar refractivity (Wildman–Crippen MR) is 109 cm³/mol. The normalized spacial score (nSPS) is 14.2. The largest absolute Gasteiger partial charge is 0.482 e. The van der Waals surface area contributed by atoms with Gasteiger partial charge in [0, 0.05) is 26.7 Å². The number of nitrogens with zero attached hydrogens (tertiary/aromatic N) is 2. The fourth-order valence-corrected chi connectivity index (χ4v) is 3.21. The van der Waals surface area contributed by atoms with Gasteiger partial charge in [-0.2, -0.15) is 13.2 Å². The lowest BCUT2D eigenvalue weighted by Crippen LogP contribution is -2.42. The summed E-state index contributed by atoms with van der Waals surface area (Å²) in [5.74, 6) is -0.145. The van der Waals surface area contributed by atoms with Crippen LogP contribution in [0.5, 0.6) is 5.75 Å². The van der Waals surface area contributed by atoms with Crippen LogP contribution in [0.4, 0.5) is 23.2 Å².